The van der Waals surface area contributed by atoms with E-state index in [4.69, 9.17) is 27.3 Å². The highest BCUT2D eigenvalue weighted by Crippen LogP contribution is 2.21. The van der Waals surface area contributed by atoms with Gasteiger partial charge in [-0.2, -0.15) is 0 Å². The molecule has 8 nitrogen and oxygen atoms in total. The highest BCUT2D eigenvalue weighted by atomic mass is 16.5. The Kier molecular flexibility index (Phi) is 5.92. The molecule has 0 spiro atoms. The van der Waals surface area contributed by atoms with Crippen molar-refractivity contribution in [2.24, 2.45) is 11.5 Å². The van der Waals surface area contributed by atoms with E-state index in [0.29, 0.717) is 22.4 Å². The minimum absolute atomic E-state index is 0.0712. The molecular formula is C18H21N5O3. The van der Waals surface area contributed by atoms with Crippen LogP contribution in [-0.2, 0) is 9.53 Å². The molecular weight excluding hydrogens is 334 g/mol. The SMILES string of the molecule is Cc1cc(C(=N)N)ccc1C(NC(=O)c1cccc(N)c1)OCC(N)=O. The smallest absolute Gasteiger partial charge is 0.253 e. The zero-order chi connectivity index (χ0) is 19.3. The highest BCUT2D eigenvalue weighted by Gasteiger charge is 2.19. The summed E-state index contributed by atoms with van der Waals surface area (Å²) in [6.07, 6.45) is -0.905. The molecule has 0 heterocycles. The molecule has 136 valence electrons. The minimum Gasteiger partial charge on any atom is -0.399 e. The number of hydrogen-bond donors (Lipinski definition) is 5. The van der Waals surface area contributed by atoms with Crippen molar-refractivity contribution < 1.29 is 14.3 Å². The molecule has 0 saturated carbocycles. The molecule has 0 aliphatic carbocycles. The van der Waals surface area contributed by atoms with E-state index < -0.39 is 18.0 Å². The molecule has 8 N–H and O–H groups in total. The van der Waals surface area contributed by atoms with Gasteiger partial charge < -0.3 is 27.3 Å². The van der Waals surface area contributed by atoms with Crippen molar-refractivity contribution in [2.45, 2.75) is 13.2 Å². The molecule has 2 aromatic carbocycles. The number of rotatable bonds is 7. The summed E-state index contributed by atoms with van der Waals surface area (Å²) in [6, 6.07) is 11.5. The molecule has 1 unspecified atom stereocenters. The van der Waals surface area contributed by atoms with Gasteiger partial charge in [0, 0.05) is 22.4 Å². The zero-order valence-corrected chi connectivity index (χ0v) is 14.3. The Bertz CT molecular complexity index is 850. The molecule has 26 heavy (non-hydrogen) atoms. The number of anilines is 1. The molecule has 0 bridgehead atoms. The summed E-state index contributed by atoms with van der Waals surface area (Å²) in [7, 11) is 0. The van der Waals surface area contributed by atoms with Gasteiger partial charge in [0.15, 0.2) is 6.23 Å². The van der Waals surface area contributed by atoms with Crippen molar-refractivity contribution in [2.75, 3.05) is 12.3 Å². The number of amides is 2. The summed E-state index contributed by atoms with van der Waals surface area (Å²) in [6.45, 7) is 1.42. The first-order chi connectivity index (χ1) is 12.3. The molecule has 0 fully saturated rings. The molecule has 2 amide bonds. The summed E-state index contributed by atoms with van der Waals surface area (Å²) >= 11 is 0. The summed E-state index contributed by atoms with van der Waals surface area (Å²) in [5.74, 6) is -1.15. The van der Waals surface area contributed by atoms with E-state index in [2.05, 4.69) is 5.32 Å². The average Bonchev–Trinajstić information content (AvgIpc) is 2.58. The van der Waals surface area contributed by atoms with Gasteiger partial charge in [-0.15, -0.1) is 0 Å². The molecule has 0 radical (unpaired) electrons. The van der Waals surface area contributed by atoms with Crippen LogP contribution in [0.3, 0.4) is 0 Å². The lowest BCUT2D eigenvalue weighted by Crippen LogP contribution is -2.33. The van der Waals surface area contributed by atoms with Crippen LogP contribution in [0.15, 0.2) is 42.5 Å². The van der Waals surface area contributed by atoms with Gasteiger partial charge in [0.2, 0.25) is 5.91 Å². The number of aryl methyl sites for hydroxylation is 1. The topological polar surface area (TPSA) is 157 Å². The predicted octanol–water partition coefficient (Wildman–Crippen LogP) is 0.792. The van der Waals surface area contributed by atoms with Crippen LogP contribution in [0.1, 0.15) is 33.3 Å². The molecule has 0 aliphatic rings. The van der Waals surface area contributed by atoms with Crippen molar-refractivity contribution in [3.05, 3.63) is 64.7 Å². The summed E-state index contributed by atoms with van der Waals surface area (Å²) in [5.41, 5.74) is 19.0. The van der Waals surface area contributed by atoms with Crippen molar-refractivity contribution >= 4 is 23.3 Å². The van der Waals surface area contributed by atoms with E-state index >= 15 is 0 Å². The first-order valence-electron chi connectivity index (χ1n) is 7.79. The van der Waals surface area contributed by atoms with Crippen LogP contribution in [0.25, 0.3) is 0 Å². The second-order valence-electron chi connectivity index (χ2n) is 5.74. The van der Waals surface area contributed by atoms with Crippen LogP contribution in [-0.4, -0.2) is 24.3 Å². The Hall–Kier alpha value is -3.39. The Morgan fingerprint density at radius 3 is 2.46 bits per heavy atom. The predicted molar refractivity (Wildman–Crippen MR) is 98.4 cm³/mol. The van der Waals surface area contributed by atoms with E-state index in [0.717, 1.165) is 5.56 Å². The maximum absolute atomic E-state index is 12.5. The third kappa shape index (κ3) is 4.81. The Labute approximate surface area is 150 Å². The van der Waals surface area contributed by atoms with Crippen molar-refractivity contribution in [3.63, 3.8) is 0 Å². The number of carbonyl (C=O) groups is 2. The zero-order valence-electron chi connectivity index (χ0n) is 14.3. The van der Waals surface area contributed by atoms with Gasteiger partial charge in [0.05, 0.1) is 0 Å². The highest BCUT2D eigenvalue weighted by molar-refractivity contribution is 5.96. The molecule has 0 aliphatic heterocycles. The average molecular weight is 355 g/mol. The fourth-order valence-corrected chi connectivity index (χ4v) is 2.39. The van der Waals surface area contributed by atoms with Gasteiger partial charge in [-0.1, -0.05) is 18.2 Å². The normalized spacial score (nSPS) is 11.6. The van der Waals surface area contributed by atoms with Crippen LogP contribution in [0.5, 0.6) is 0 Å². The number of carbonyl (C=O) groups excluding carboxylic acids is 2. The van der Waals surface area contributed by atoms with Crippen LogP contribution in [0.4, 0.5) is 5.69 Å². The van der Waals surface area contributed by atoms with Crippen LogP contribution >= 0.6 is 0 Å². The number of ether oxygens (including phenoxy) is 1. The quantitative estimate of drug-likeness (QED) is 0.215. The molecule has 8 heteroatoms. The van der Waals surface area contributed by atoms with E-state index in [1.54, 1.807) is 43.3 Å². The van der Waals surface area contributed by atoms with Crippen molar-refractivity contribution in [1.29, 1.82) is 5.41 Å². The largest absolute Gasteiger partial charge is 0.399 e. The molecule has 2 rings (SSSR count). The second-order valence-corrected chi connectivity index (χ2v) is 5.74. The first-order valence-corrected chi connectivity index (χ1v) is 7.79. The second kappa shape index (κ2) is 8.13. The van der Waals surface area contributed by atoms with Crippen LogP contribution in [0, 0.1) is 12.3 Å². The van der Waals surface area contributed by atoms with Crippen molar-refractivity contribution in [3.8, 4) is 0 Å². The molecule has 1 atom stereocenters. The Morgan fingerprint density at radius 2 is 1.88 bits per heavy atom. The van der Waals surface area contributed by atoms with Crippen LogP contribution in [0.2, 0.25) is 0 Å². The van der Waals surface area contributed by atoms with Gasteiger partial charge in [-0.25, -0.2) is 0 Å². The van der Waals surface area contributed by atoms with E-state index in [1.807, 2.05) is 0 Å². The summed E-state index contributed by atoms with van der Waals surface area (Å²) in [4.78, 5) is 23.6. The Balaban J connectivity index is 2.29. The van der Waals surface area contributed by atoms with Crippen LogP contribution < -0.4 is 22.5 Å². The van der Waals surface area contributed by atoms with E-state index in [1.165, 1.54) is 6.07 Å². The van der Waals surface area contributed by atoms with Crippen molar-refractivity contribution in [1.82, 2.24) is 5.32 Å². The molecule has 0 aromatic heterocycles. The summed E-state index contributed by atoms with van der Waals surface area (Å²) in [5, 5.41) is 10.2. The fourth-order valence-electron chi connectivity index (χ4n) is 2.39. The third-order valence-electron chi connectivity index (χ3n) is 3.67. The minimum atomic E-state index is -0.905. The number of nitrogens with one attached hydrogen (secondary N) is 2. The van der Waals surface area contributed by atoms with Gasteiger partial charge in [0.25, 0.3) is 5.91 Å². The number of hydrogen-bond acceptors (Lipinski definition) is 5. The summed E-state index contributed by atoms with van der Waals surface area (Å²) < 4.78 is 5.47. The van der Waals surface area contributed by atoms with Gasteiger partial charge in [-0.3, -0.25) is 15.0 Å². The maximum Gasteiger partial charge on any atom is 0.253 e. The lowest BCUT2D eigenvalue weighted by Gasteiger charge is -2.21. The number of nitrogens with two attached hydrogens (primary N) is 3. The lowest BCUT2D eigenvalue weighted by molar-refractivity contribution is -0.125. The first kappa shape index (κ1) is 18.9. The maximum atomic E-state index is 12.5. The number of nitrogen functional groups attached to an aromatic ring is 2. The number of primary amides is 1. The molecule has 2 aromatic rings. The van der Waals surface area contributed by atoms with Gasteiger partial charge in [-0.05, 0) is 36.8 Å². The molecule has 0 saturated heterocycles. The fraction of sp³-hybridized carbons (Fsp3) is 0.167. The van der Waals surface area contributed by atoms with E-state index in [9.17, 15) is 9.59 Å². The number of benzene rings is 2. The van der Waals surface area contributed by atoms with Gasteiger partial charge >= 0.3 is 0 Å². The van der Waals surface area contributed by atoms with E-state index in [-0.39, 0.29) is 12.4 Å². The standard InChI is InChI=1S/C18H21N5O3/c1-10-7-11(16(21)22)5-6-14(10)18(26-9-15(20)24)23-17(25)12-3-2-4-13(19)8-12/h2-8,18H,9,19H2,1H3,(H2,20,24)(H3,21,22)(H,23,25). The Morgan fingerprint density at radius 1 is 1.15 bits per heavy atom. The lowest BCUT2D eigenvalue weighted by atomic mass is 10.0. The number of amidine groups is 1. The van der Waals surface area contributed by atoms with Gasteiger partial charge in [0.1, 0.15) is 12.4 Å². The monoisotopic (exact) mass is 355 g/mol. The third-order valence-corrected chi connectivity index (χ3v) is 3.67.